The smallest absolute Gasteiger partial charge is 0.243 e. The summed E-state index contributed by atoms with van der Waals surface area (Å²) < 4.78 is 1.83. The summed E-state index contributed by atoms with van der Waals surface area (Å²) in [6.45, 7) is 12.0. The normalized spacial score (nSPS) is 17.6. The van der Waals surface area contributed by atoms with Crippen molar-refractivity contribution in [1.29, 1.82) is 0 Å². The summed E-state index contributed by atoms with van der Waals surface area (Å²) in [6, 6.07) is 7.44. The van der Waals surface area contributed by atoms with Gasteiger partial charge in [-0.15, -0.1) is 0 Å². The largest absolute Gasteiger partial charge is 0.369 e. The molecule has 2 aliphatic heterocycles. The van der Waals surface area contributed by atoms with E-state index in [1.54, 1.807) is 4.90 Å². The first-order valence-electron chi connectivity index (χ1n) is 12.2. The van der Waals surface area contributed by atoms with E-state index in [1.165, 1.54) is 11.3 Å². The van der Waals surface area contributed by atoms with Crippen molar-refractivity contribution in [2.24, 2.45) is 0 Å². The Hall–Kier alpha value is -2.58. The molecule has 1 aromatic heterocycles. The van der Waals surface area contributed by atoms with Gasteiger partial charge in [0, 0.05) is 55.9 Å². The molecule has 184 valence electrons. The third-order valence-electron chi connectivity index (χ3n) is 6.77. The number of anilines is 2. The van der Waals surface area contributed by atoms with Crippen LogP contribution in [0.2, 0.25) is 5.02 Å². The first kappa shape index (κ1) is 24.5. The lowest BCUT2D eigenvalue weighted by atomic mass is 10.1. The van der Waals surface area contributed by atoms with Crippen LogP contribution in [-0.4, -0.2) is 71.8 Å². The number of nitrogens with one attached hydrogen (secondary N) is 1. The Labute approximate surface area is 206 Å². The Bertz CT molecular complexity index is 1030. The van der Waals surface area contributed by atoms with Gasteiger partial charge in [-0.25, -0.2) is 4.68 Å². The Morgan fingerprint density at radius 1 is 1.15 bits per heavy atom. The van der Waals surface area contributed by atoms with E-state index in [-0.39, 0.29) is 11.8 Å². The lowest BCUT2D eigenvalue weighted by Gasteiger charge is -2.37. The van der Waals surface area contributed by atoms with Crippen LogP contribution >= 0.6 is 11.6 Å². The fourth-order valence-corrected chi connectivity index (χ4v) is 5.09. The van der Waals surface area contributed by atoms with E-state index in [0.717, 1.165) is 55.7 Å². The number of carbonyl (C=O) groups is 2. The molecule has 0 radical (unpaired) electrons. The highest BCUT2D eigenvalue weighted by Gasteiger charge is 2.34. The zero-order chi connectivity index (χ0) is 24.2. The molecule has 1 fully saturated rings. The molecule has 1 saturated heterocycles. The quantitative estimate of drug-likeness (QED) is 0.581. The standard InChI is InChI=1S/C25H35ClN6O2/c1-4-21(32-23-16-19(3)28-31(23)11-8-24(32)33)25(34)27-9-5-10-29-12-14-30(15-13-29)22-17-20(26)7-6-18(22)2/h6-7,16-17,21H,4-5,8-15H2,1-3H3,(H,27,34). The first-order chi connectivity index (χ1) is 16.4. The van der Waals surface area contributed by atoms with Gasteiger partial charge in [0.05, 0.1) is 12.2 Å². The minimum Gasteiger partial charge on any atom is -0.369 e. The van der Waals surface area contributed by atoms with Crippen LogP contribution in [0.5, 0.6) is 0 Å². The average Bonchev–Trinajstić information content (AvgIpc) is 3.21. The number of aryl methyl sites for hydroxylation is 3. The first-order valence-corrected chi connectivity index (χ1v) is 12.6. The number of nitrogens with zero attached hydrogens (tertiary/aromatic N) is 5. The zero-order valence-electron chi connectivity index (χ0n) is 20.4. The molecule has 2 aromatic rings. The molecule has 1 N–H and O–H groups in total. The van der Waals surface area contributed by atoms with Gasteiger partial charge in [0.25, 0.3) is 0 Å². The number of halogens is 1. The van der Waals surface area contributed by atoms with E-state index >= 15 is 0 Å². The van der Waals surface area contributed by atoms with Crippen molar-refractivity contribution >= 4 is 34.9 Å². The maximum atomic E-state index is 13.0. The van der Waals surface area contributed by atoms with Gasteiger partial charge in [-0.05, 0) is 50.9 Å². The summed E-state index contributed by atoms with van der Waals surface area (Å²) in [5.74, 6) is 0.621. The molecule has 0 spiro atoms. The van der Waals surface area contributed by atoms with Gasteiger partial charge in [-0.1, -0.05) is 24.6 Å². The molecule has 1 atom stereocenters. The third kappa shape index (κ3) is 5.39. The van der Waals surface area contributed by atoms with Crippen LogP contribution < -0.4 is 15.1 Å². The van der Waals surface area contributed by atoms with Gasteiger partial charge in [0.2, 0.25) is 11.8 Å². The van der Waals surface area contributed by atoms with Gasteiger partial charge in [-0.3, -0.25) is 19.4 Å². The topological polar surface area (TPSA) is 73.7 Å². The van der Waals surface area contributed by atoms with Gasteiger partial charge in [-0.2, -0.15) is 5.10 Å². The predicted octanol–water partition coefficient (Wildman–Crippen LogP) is 3.00. The third-order valence-corrected chi connectivity index (χ3v) is 7.00. The molecule has 34 heavy (non-hydrogen) atoms. The second-order valence-corrected chi connectivity index (χ2v) is 9.65. The van der Waals surface area contributed by atoms with Crippen molar-refractivity contribution in [3.05, 3.63) is 40.5 Å². The Kier molecular flexibility index (Phi) is 7.78. The van der Waals surface area contributed by atoms with Crippen molar-refractivity contribution in [1.82, 2.24) is 20.0 Å². The maximum absolute atomic E-state index is 13.0. The van der Waals surface area contributed by atoms with Gasteiger partial charge in [0.1, 0.15) is 11.9 Å². The number of benzene rings is 1. The minimum absolute atomic E-state index is 0.0118. The van der Waals surface area contributed by atoms with E-state index in [9.17, 15) is 9.59 Å². The molecule has 1 aromatic carbocycles. The van der Waals surface area contributed by atoms with Crippen molar-refractivity contribution in [2.75, 3.05) is 49.1 Å². The van der Waals surface area contributed by atoms with Crippen LogP contribution in [0.3, 0.4) is 0 Å². The second-order valence-electron chi connectivity index (χ2n) is 9.21. The van der Waals surface area contributed by atoms with E-state index in [1.807, 2.05) is 36.7 Å². The van der Waals surface area contributed by atoms with Crippen LogP contribution in [0, 0.1) is 13.8 Å². The molecular weight excluding hydrogens is 452 g/mol. The summed E-state index contributed by atoms with van der Waals surface area (Å²) in [6.07, 6.45) is 1.81. The Morgan fingerprint density at radius 2 is 1.91 bits per heavy atom. The molecule has 1 unspecified atom stereocenters. The molecule has 3 heterocycles. The Morgan fingerprint density at radius 3 is 2.65 bits per heavy atom. The molecule has 4 rings (SSSR count). The average molecular weight is 487 g/mol. The lowest BCUT2D eigenvalue weighted by Crippen LogP contribution is -2.52. The molecule has 9 heteroatoms. The summed E-state index contributed by atoms with van der Waals surface area (Å²) >= 11 is 6.19. The maximum Gasteiger partial charge on any atom is 0.243 e. The molecule has 2 amide bonds. The highest BCUT2D eigenvalue weighted by atomic mass is 35.5. The molecule has 0 bridgehead atoms. The molecule has 0 aliphatic carbocycles. The number of amides is 2. The fraction of sp³-hybridized carbons (Fsp3) is 0.560. The van der Waals surface area contributed by atoms with E-state index in [4.69, 9.17) is 11.6 Å². The summed E-state index contributed by atoms with van der Waals surface area (Å²) in [5, 5.41) is 8.28. The fourth-order valence-electron chi connectivity index (χ4n) is 4.93. The van der Waals surface area contributed by atoms with E-state index < -0.39 is 6.04 Å². The highest BCUT2D eigenvalue weighted by molar-refractivity contribution is 6.30. The van der Waals surface area contributed by atoms with Gasteiger partial charge in [0.15, 0.2) is 0 Å². The van der Waals surface area contributed by atoms with Crippen molar-refractivity contribution < 1.29 is 9.59 Å². The van der Waals surface area contributed by atoms with Crippen molar-refractivity contribution in [2.45, 2.75) is 52.6 Å². The number of piperazine rings is 1. The molecule has 2 aliphatic rings. The SMILES string of the molecule is CCC(C(=O)NCCCN1CCN(c2cc(Cl)ccc2C)CC1)N1C(=O)CCn2nc(C)cc21. The number of rotatable bonds is 8. The molecular formula is C25H35ClN6O2. The predicted molar refractivity (Wildman–Crippen MR) is 136 cm³/mol. The summed E-state index contributed by atoms with van der Waals surface area (Å²) in [7, 11) is 0. The summed E-state index contributed by atoms with van der Waals surface area (Å²) in [4.78, 5) is 32.1. The number of hydrogen-bond donors (Lipinski definition) is 1. The van der Waals surface area contributed by atoms with Crippen molar-refractivity contribution in [3.8, 4) is 0 Å². The van der Waals surface area contributed by atoms with Gasteiger partial charge < -0.3 is 10.2 Å². The van der Waals surface area contributed by atoms with Crippen LogP contribution in [0.1, 0.15) is 37.4 Å². The van der Waals surface area contributed by atoms with Crippen molar-refractivity contribution in [3.63, 3.8) is 0 Å². The highest BCUT2D eigenvalue weighted by Crippen LogP contribution is 2.27. The number of fused-ring (bicyclic) bond motifs is 1. The van der Waals surface area contributed by atoms with Crippen LogP contribution in [-0.2, 0) is 16.1 Å². The van der Waals surface area contributed by atoms with Crippen LogP contribution in [0.25, 0.3) is 0 Å². The number of hydrogen-bond acceptors (Lipinski definition) is 5. The Balaban J connectivity index is 1.24. The molecule has 8 nitrogen and oxygen atoms in total. The van der Waals surface area contributed by atoms with Crippen LogP contribution in [0.15, 0.2) is 24.3 Å². The number of aromatic nitrogens is 2. The monoisotopic (exact) mass is 486 g/mol. The second kappa shape index (κ2) is 10.8. The van der Waals surface area contributed by atoms with Gasteiger partial charge >= 0.3 is 0 Å². The number of carbonyl (C=O) groups excluding carboxylic acids is 2. The minimum atomic E-state index is -0.507. The molecule has 0 saturated carbocycles. The lowest BCUT2D eigenvalue weighted by molar-refractivity contribution is -0.127. The summed E-state index contributed by atoms with van der Waals surface area (Å²) in [5.41, 5.74) is 3.32. The van der Waals surface area contributed by atoms with Crippen LogP contribution in [0.4, 0.5) is 11.5 Å². The van der Waals surface area contributed by atoms with E-state index in [2.05, 4.69) is 33.2 Å². The van der Waals surface area contributed by atoms with E-state index in [0.29, 0.717) is 25.9 Å². The zero-order valence-corrected chi connectivity index (χ0v) is 21.1.